The molecule has 0 radical (unpaired) electrons. The Kier molecular flexibility index (Phi) is 2.83. The predicted octanol–water partition coefficient (Wildman–Crippen LogP) is 0.736. The summed E-state index contributed by atoms with van der Waals surface area (Å²) in [6.07, 6.45) is 2.10. The molecule has 1 saturated heterocycles. The van der Waals surface area contributed by atoms with Gasteiger partial charge in [-0.25, -0.2) is 0 Å². The summed E-state index contributed by atoms with van der Waals surface area (Å²) in [6.45, 7) is 1.67. The summed E-state index contributed by atoms with van der Waals surface area (Å²) in [5.74, 6) is 0.365. The number of rotatable bonds is 2. The Morgan fingerprint density at radius 3 is 2.79 bits per heavy atom. The van der Waals surface area contributed by atoms with Crippen LogP contribution in [0.4, 0.5) is 11.1 Å². The summed E-state index contributed by atoms with van der Waals surface area (Å²) >= 11 is 1.35. The Labute approximate surface area is 87.0 Å². The Balaban J connectivity index is 2.03. The molecule has 2 N–H and O–H groups in total. The number of nitrogen functional groups attached to an aromatic ring is 1. The number of ether oxygens (including phenoxy) is 1. The molecule has 6 heteroatoms. The quantitative estimate of drug-likeness (QED) is 0.786. The molecule has 0 atom stereocenters. The second-order valence-electron chi connectivity index (χ2n) is 3.39. The standard InChI is InChI=1S/C8H14N4OS/c1-12(6-2-4-13-5-3-6)8-10-7(9)11-14-8/h6H,2-5H2,1H3,(H2,9,11). The third kappa shape index (κ3) is 1.96. The van der Waals surface area contributed by atoms with Crippen LogP contribution in [0.3, 0.4) is 0 Å². The SMILES string of the molecule is CN(c1nc(N)ns1)C1CCOCC1. The molecule has 5 nitrogen and oxygen atoms in total. The first kappa shape index (κ1) is 9.67. The first-order valence-electron chi connectivity index (χ1n) is 4.67. The van der Waals surface area contributed by atoms with E-state index in [4.69, 9.17) is 10.5 Å². The second-order valence-corrected chi connectivity index (χ2v) is 4.12. The van der Waals surface area contributed by atoms with Crippen LogP contribution in [0.5, 0.6) is 0 Å². The highest BCUT2D eigenvalue weighted by Crippen LogP contribution is 2.23. The largest absolute Gasteiger partial charge is 0.381 e. The Morgan fingerprint density at radius 1 is 1.50 bits per heavy atom. The zero-order valence-corrected chi connectivity index (χ0v) is 8.96. The fourth-order valence-electron chi connectivity index (χ4n) is 1.60. The van der Waals surface area contributed by atoms with Crippen molar-refractivity contribution in [2.24, 2.45) is 0 Å². The number of anilines is 2. The van der Waals surface area contributed by atoms with Crippen LogP contribution in [-0.4, -0.2) is 35.7 Å². The molecule has 1 aromatic heterocycles. The molecule has 2 rings (SSSR count). The van der Waals surface area contributed by atoms with Gasteiger partial charge in [0.05, 0.1) is 0 Å². The maximum atomic E-state index is 5.48. The molecule has 0 aliphatic carbocycles. The van der Waals surface area contributed by atoms with Gasteiger partial charge >= 0.3 is 0 Å². The van der Waals surface area contributed by atoms with Gasteiger partial charge in [-0.2, -0.15) is 9.36 Å². The first-order valence-corrected chi connectivity index (χ1v) is 5.44. The van der Waals surface area contributed by atoms with Crippen molar-refractivity contribution >= 4 is 22.6 Å². The van der Waals surface area contributed by atoms with Gasteiger partial charge in [0.1, 0.15) is 0 Å². The highest BCUT2D eigenvalue weighted by Gasteiger charge is 2.20. The van der Waals surface area contributed by atoms with Gasteiger partial charge in [-0.15, -0.1) is 0 Å². The molecular formula is C8H14N4OS. The summed E-state index contributed by atoms with van der Waals surface area (Å²) in [4.78, 5) is 6.31. The maximum absolute atomic E-state index is 5.48. The van der Waals surface area contributed by atoms with Crippen molar-refractivity contribution < 1.29 is 4.74 Å². The Bertz CT molecular complexity index is 297. The fraction of sp³-hybridized carbons (Fsp3) is 0.750. The van der Waals surface area contributed by atoms with Gasteiger partial charge in [0, 0.05) is 37.8 Å². The van der Waals surface area contributed by atoms with Gasteiger partial charge in [0.2, 0.25) is 11.1 Å². The molecule has 0 unspecified atom stereocenters. The minimum absolute atomic E-state index is 0.365. The van der Waals surface area contributed by atoms with E-state index in [0.717, 1.165) is 31.2 Å². The van der Waals surface area contributed by atoms with E-state index >= 15 is 0 Å². The fourth-order valence-corrected chi connectivity index (χ4v) is 2.23. The number of aromatic nitrogens is 2. The van der Waals surface area contributed by atoms with E-state index < -0.39 is 0 Å². The second kappa shape index (κ2) is 4.10. The number of hydrogen-bond acceptors (Lipinski definition) is 6. The summed E-state index contributed by atoms with van der Waals surface area (Å²) in [5, 5.41) is 0.898. The van der Waals surface area contributed by atoms with E-state index in [1.165, 1.54) is 11.5 Å². The van der Waals surface area contributed by atoms with Crippen LogP contribution in [0, 0.1) is 0 Å². The molecule has 14 heavy (non-hydrogen) atoms. The van der Waals surface area contributed by atoms with E-state index in [2.05, 4.69) is 14.3 Å². The lowest BCUT2D eigenvalue weighted by atomic mass is 10.1. The van der Waals surface area contributed by atoms with Crippen LogP contribution in [0.15, 0.2) is 0 Å². The number of hydrogen-bond donors (Lipinski definition) is 1. The van der Waals surface area contributed by atoms with Gasteiger partial charge in [0.15, 0.2) is 0 Å². The van der Waals surface area contributed by atoms with Crippen molar-refractivity contribution in [3.8, 4) is 0 Å². The molecule has 0 saturated carbocycles. The number of nitrogens with two attached hydrogens (primary N) is 1. The van der Waals surface area contributed by atoms with Crippen LogP contribution < -0.4 is 10.6 Å². The Hall–Kier alpha value is -0.880. The van der Waals surface area contributed by atoms with Crippen molar-refractivity contribution in [2.45, 2.75) is 18.9 Å². The van der Waals surface area contributed by atoms with Gasteiger partial charge < -0.3 is 15.4 Å². The van der Waals surface area contributed by atoms with Crippen LogP contribution >= 0.6 is 11.5 Å². The molecule has 2 heterocycles. The zero-order chi connectivity index (χ0) is 9.97. The van der Waals surface area contributed by atoms with Gasteiger partial charge in [-0.3, -0.25) is 0 Å². The molecular weight excluding hydrogens is 200 g/mol. The molecule has 1 fully saturated rings. The smallest absolute Gasteiger partial charge is 0.233 e. The molecule has 1 aromatic rings. The van der Waals surface area contributed by atoms with Crippen LogP contribution in [-0.2, 0) is 4.74 Å². The van der Waals surface area contributed by atoms with Crippen LogP contribution in [0.1, 0.15) is 12.8 Å². The van der Waals surface area contributed by atoms with Crippen molar-refractivity contribution in [1.29, 1.82) is 0 Å². The normalized spacial score (nSPS) is 18.4. The maximum Gasteiger partial charge on any atom is 0.233 e. The summed E-state index contributed by atoms with van der Waals surface area (Å²) in [5.41, 5.74) is 5.48. The van der Waals surface area contributed by atoms with Crippen molar-refractivity contribution in [3.63, 3.8) is 0 Å². The van der Waals surface area contributed by atoms with E-state index in [1.54, 1.807) is 0 Å². The minimum atomic E-state index is 0.365. The summed E-state index contributed by atoms with van der Waals surface area (Å²) in [6, 6.07) is 0.510. The van der Waals surface area contributed by atoms with Crippen LogP contribution in [0.25, 0.3) is 0 Å². The topological polar surface area (TPSA) is 64.3 Å². The van der Waals surface area contributed by atoms with E-state index in [-0.39, 0.29) is 0 Å². The first-order chi connectivity index (χ1) is 6.77. The van der Waals surface area contributed by atoms with E-state index in [9.17, 15) is 0 Å². The van der Waals surface area contributed by atoms with Crippen molar-refractivity contribution in [1.82, 2.24) is 9.36 Å². The van der Waals surface area contributed by atoms with E-state index in [1.807, 2.05) is 7.05 Å². The Morgan fingerprint density at radius 2 is 2.21 bits per heavy atom. The average molecular weight is 214 g/mol. The van der Waals surface area contributed by atoms with E-state index in [0.29, 0.717) is 12.0 Å². The van der Waals surface area contributed by atoms with Gasteiger partial charge in [0.25, 0.3) is 0 Å². The predicted molar refractivity (Wildman–Crippen MR) is 56.6 cm³/mol. The van der Waals surface area contributed by atoms with Crippen LogP contribution in [0.2, 0.25) is 0 Å². The lowest BCUT2D eigenvalue weighted by Gasteiger charge is -2.30. The van der Waals surface area contributed by atoms with Gasteiger partial charge in [-0.1, -0.05) is 0 Å². The molecule has 78 valence electrons. The molecule has 1 aliphatic heterocycles. The molecule has 0 amide bonds. The number of nitrogens with zero attached hydrogens (tertiary/aromatic N) is 3. The molecule has 1 aliphatic rings. The highest BCUT2D eigenvalue weighted by atomic mass is 32.1. The highest BCUT2D eigenvalue weighted by molar-refractivity contribution is 7.09. The van der Waals surface area contributed by atoms with Gasteiger partial charge in [-0.05, 0) is 12.8 Å². The lowest BCUT2D eigenvalue weighted by molar-refractivity contribution is 0.0855. The molecule has 0 bridgehead atoms. The third-order valence-electron chi connectivity index (χ3n) is 2.47. The third-order valence-corrected chi connectivity index (χ3v) is 3.29. The zero-order valence-electron chi connectivity index (χ0n) is 8.14. The molecule has 0 spiro atoms. The summed E-state index contributed by atoms with van der Waals surface area (Å²) < 4.78 is 9.27. The van der Waals surface area contributed by atoms with Crippen molar-refractivity contribution in [3.05, 3.63) is 0 Å². The average Bonchev–Trinajstić information content (AvgIpc) is 2.65. The summed E-state index contributed by atoms with van der Waals surface area (Å²) in [7, 11) is 2.04. The molecule has 0 aromatic carbocycles. The van der Waals surface area contributed by atoms with Crippen molar-refractivity contribution in [2.75, 3.05) is 30.9 Å². The lowest BCUT2D eigenvalue weighted by Crippen LogP contribution is -2.36. The monoisotopic (exact) mass is 214 g/mol. The minimum Gasteiger partial charge on any atom is -0.381 e.